The third-order valence-corrected chi connectivity index (χ3v) is 6.11. The molecule has 5 rings (SSSR count). The minimum Gasteiger partial charge on any atom is -0.508 e. The number of aromatic hydroxyl groups is 1. The van der Waals surface area contributed by atoms with Gasteiger partial charge in [0.15, 0.2) is 5.82 Å². The van der Waals surface area contributed by atoms with E-state index < -0.39 is 17.2 Å². The molecule has 7 nitrogen and oxygen atoms in total. The molecule has 0 amide bonds. The van der Waals surface area contributed by atoms with Crippen molar-refractivity contribution < 1.29 is 23.7 Å². The van der Waals surface area contributed by atoms with Gasteiger partial charge in [-0.25, -0.2) is 18.7 Å². The maximum Gasteiger partial charge on any atom is 0.175 e. The number of aryl methyl sites for hydroxylation is 1. The zero-order valence-corrected chi connectivity index (χ0v) is 18.8. The normalized spacial score (nSPS) is 19.0. The second-order valence-electron chi connectivity index (χ2n) is 8.82. The quantitative estimate of drug-likeness (QED) is 0.472. The van der Waals surface area contributed by atoms with E-state index in [1.165, 1.54) is 30.7 Å². The number of pyridine rings is 1. The first kappa shape index (κ1) is 22.4. The van der Waals surface area contributed by atoms with Crippen molar-refractivity contribution in [3.8, 4) is 17.0 Å². The van der Waals surface area contributed by atoms with Gasteiger partial charge in [0.05, 0.1) is 25.1 Å². The van der Waals surface area contributed by atoms with Crippen molar-refractivity contribution in [3.63, 3.8) is 0 Å². The van der Waals surface area contributed by atoms with Crippen LogP contribution in [0.5, 0.6) is 5.75 Å². The van der Waals surface area contributed by atoms with Gasteiger partial charge >= 0.3 is 0 Å². The Balaban J connectivity index is 1.72. The van der Waals surface area contributed by atoms with E-state index in [9.17, 15) is 14.6 Å². The number of anilines is 1. The monoisotopic (exact) mass is 466 g/mol. The number of rotatable bonds is 3. The van der Waals surface area contributed by atoms with Gasteiger partial charge in [-0.1, -0.05) is 13.0 Å². The molecule has 4 aromatic rings. The molecule has 2 aromatic heterocycles. The van der Waals surface area contributed by atoms with Crippen LogP contribution in [0, 0.1) is 11.6 Å². The van der Waals surface area contributed by atoms with Gasteiger partial charge < -0.3 is 19.8 Å². The van der Waals surface area contributed by atoms with Gasteiger partial charge in [0, 0.05) is 18.3 Å². The minimum atomic E-state index is -1.10. The van der Waals surface area contributed by atoms with Crippen LogP contribution < -0.4 is 4.90 Å². The van der Waals surface area contributed by atoms with Gasteiger partial charge in [0.25, 0.3) is 0 Å². The Bertz CT molecular complexity index is 1410. The molecule has 34 heavy (non-hydrogen) atoms. The van der Waals surface area contributed by atoms with Crippen LogP contribution in [0.15, 0.2) is 36.8 Å². The molecule has 176 valence electrons. The second-order valence-corrected chi connectivity index (χ2v) is 8.82. The highest BCUT2D eigenvalue weighted by atomic mass is 19.1. The van der Waals surface area contributed by atoms with Gasteiger partial charge in [-0.2, -0.15) is 0 Å². The predicted molar refractivity (Wildman–Crippen MR) is 125 cm³/mol. The fraction of sp³-hybridized carbons (Fsp3) is 0.320. The van der Waals surface area contributed by atoms with Crippen molar-refractivity contribution in [2.45, 2.75) is 25.9 Å². The summed E-state index contributed by atoms with van der Waals surface area (Å²) in [5, 5.41) is 22.3. The molecule has 2 N–H and O–H groups in total. The number of aromatic nitrogens is 3. The zero-order chi connectivity index (χ0) is 24.0. The van der Waals surface area contributed by atoms with Crippen molar-refractivity contribution in [2.75, 3.05) is 31.2 Å². The Hall–Kier alpha value is -3.43. The molecule has 3 heterocycles. The average molecular weight is 466 g/mol. The Kier molecular flexibility index (Phi) is 5.53. The van der Waals surface area contributed by atoms with Crippen molar-refractivity contribution in [1.29, 1.82) is 0 Å². The zero-order valence-electron chi connectivity index (χ0n) is 18.8. The summed E-state index contributed by atoms with van der Waals surface area (Å²) in [6.07, 6.45) is 3.13. The lowest BCUT2D eigenvalue weighted by molar-refractivity contribution is -0.0123. The Morgan fingerprint density at radius 2 is 2.00 bits per heavy atom. The van der Waals surface area contributed by atoms with E-state index in [-0.39, 0.29) is 35.7 Å². The van der Waals surface area contributed by atoms with E-state index in [0.717, 1.165) is 0 Å². The molecular formula is C25H24F2N4O3. The molecule has 0 radical (unpaired) electrons. The number of fused-ring (bicyclic) bond motifs is 2. The molecular weight excluding hydrogens is 442 g/mol. The minimum absolute atomic E-state index is 0.0375. The summed E-state index contributed by atoms with van der Waals surface area (Å²) >= 11 is 0. The number of aliphatic hydroxyl groups is 1. The van der Waals surface area contributed by atoms with Gasteiger partial charge in [-0.3, -0.25) is 4.98 Å². The summed E-state index contributed by atoms with van der Waals surface area (Å²) < 4.78 is 36.0. The number of benzene rings is 2. The van der Waals surface area contributed by atoms with Crippen LogP contribution in [0.3, 0.4) is 0 Å². The van der Waals surface area contributed by atoms with Crippen molar-refractivity contribution in [2.24, 2.45) is 0 Å². The Morgan fingerprint density at radius 3 is 2.79 bits per heavy atom. The van der Waals surface area contributed by atoms with E-state index in [2.05, 4.69) is 15.0 Å². The van der Waals surface area contributed by atoms with Crippen LogP contribution in [0.25, 0.3) is 32.9 Å². The number of hydrogen-bond acceptors (Lipinski definition) is 7. The fourth-order valence-electron chi connectivity index (χ4n) is 4.63. The summed E-state index contributed by atoms with van der Waals surface area (Å²) in [5.74, 6) is -0.734. The van der Waals surface area contributed by atoms with E-state index in [1.54, 1.807) is 13.0 Å². The Labute approximate surface area is 194 Å². The summed E-state index contributed by atoms with van der Waals surface area (Å²) in [4.78, 5) is 14.7. The number of hydrogen-bond donors (Lipinski definition) is 2. The summed E-state index contributed by atoms with van der Waals surface area (Å²) in [6.45, 7) is 4.77. The molecule has 0 aliphatic carbocycles. The fourth-order valence-corrected chi connectivity index (χ4v) is 4.63. The van der Waals surface area contributed by atoms with Crippen molar-refractivity contribution >= 4 is 27.5 Å². The lowest BCUT2D eigenvalue weighted by atomic mass is 9.94. The molecule has 2 aromatic carbocycles. The average Bonchev–Trinajstić information content (AvgIpc) is 2.99. The van der Waals surface area contributed by atoms with Gasteiger partial charge in [0.2, 0.25) is 0 Å². The van der Waals surface area contributed by atoms with Crippen LogP contribution >= 0.6 is 0 Å². The summed E-state index contributed by atoms with van der Waals surface area (Å²) in [6, 6.07) is 5.81. The number of phenolic OH excluding ortho intramolecular Hbond substituents is 1. The molecule has 1 saturated heterocycles. The predicted octanol–water partition coefficient (Wildman–Crippen LogP) is 3.98. The van der Waals surface area contributed by atoms with Crippen molar-refractivity contribution in [3.05, 3.63) is 54.0 Å². The van der Waals surface area contributed by atoms with Crippen LogP contribution in [0.2, 0.25) is 0 Å². The maximum absolute atomic E-state index is 15.9. The van der Waals surface area contributed by atoms with E-state index in [1.807, 2.05) is 11.8 Å². The summed E-state index contributed by atoms with van der Waals surface area (Å²) in [5.41, 5.74) is -0.378. The van der Waals surface area contributed by atoms with E-state index in [0.29, 0.717) is 47.1 Å². The number of phenols is 1. The lowest BCUT2D eigenvalue weighted by Gasteiger charge is -2.28. The highest BCUT2D eigenvalue weighted by molar-refractivity contribution is 6.01. The SMILES string of the molecule is CCc1c(F)ccc2cc(O)cc(-c3ncc4c(N5CCOC[C@@](C)(O)C5)ncnc4c3F)c12. The maximum atomic E-state index is 15.9. The van der Waals surface area contributed by atoms with E-state index >= 15 is 4.39 Å². The molecule has 1 aliphatic heterocycles. The number of β-amino-alcohol motifs (C(OH)–C–C–N with tert-alkyl or cyclic N) is 1. The lowest BCUT2D eigenvalue weighted by Crippen LogP contribution is -2.42. The molecule has 9 heteroatoms. The van der Waals surface area contributed by atoms with Gasteiger partial charge in [0.1, 0.15) is 40.5 Å². The molecule has 1 aliphatic rings. The molecule has 0 spiro atoms. The molecule has 0 unspecified atom stereocenters. The molecule has 1 fully saturated rings. The van der Waals surface area contributed by atoms with E-state index in [4.69, 9.17) is 4.74 Å². The first-order valence-electron chi connectivity index (χ1n) is 11.1. The Morgan fingerprint density at radius 1 is 1.18 bits per heavy atom. The first-order chi connectivity index (χ1) is 16.3. The van der Waals surface area contributed by atoms with Gasteiger partial charge in [-0.15, -0.1) is 0 Å². The molecule has 1 atom stereocenters. The molecule has 0 bridgehead atoms. The van der Waals surface area contributed by atoms with Crippen LogP contribution in [-0.4, -0.2) is 57.1 Å². The summed E-state index contributed by atoms with van der Waals surface area (Å²) in [7, 11) is 0. The smallest absolute Gasteiger partial charge is 0.175 e. The number of ether oxygens (including phenoxy) is 1. The standard InChI is InChI=1S/C25H24F2N4O3/c1-3-16-19(26)5-4-14-8-15(32)9-17(20(14)16)22-21(27)23-18(10-28-22)24(30-13-29-23)31-6-7-34-12-25(2,33)11-31/h4-5,8-10,13,32-33H,3,6-7,11-12H2,1-2H3/t25-/m0/s1. The van der Waals surface area contributed by atoms with Gasteiger partial charge in [-0.05, 0) is 47.9 Å². The van der Waals surface area contributed by atoms with Crippen molar-refractivity contribution in [1.82, 2.24) is 15.0 Å². The third kappa shape index (κ3) is 3.80. The van der Waals surface area contributed by atoms with Crippen LogP contribution in [0.4, 0.5) is 14.6 Å². The topological polar surface area (TPSA) is 91.6 Å². The number of halogens is 2. The number of nitrogens with zero attached hydrogens (tertiary/aromatic N) is 4. The van der Waals surface area contributed by atoms with Crippen LogP contribution in [0.1, 0.15) is 19.4 Å². The largest absolute Gasteiger partial charge is 0.508 e. The first-order valence-corrected chi connectivity index (χ1v) is 11.1. The third-order valence-electron chi connectivity index (χ3n) is 6.11. The highest BCUT2D eigenvalue weighted by Crippen LogP contribution is 2.38. The highest BCUT2D eigenvalue weighted by Gasteiger charge is 2.30. The van der Waals surface area contributed by atoms with Crippen LogP contribution in [-0.2, 0) is 11.2 Å². The molecule has 0 saturated carbocycles. The second kappa shape index (κ2) is 8.41.